The van der Waals surface area contributed by atoms with Gasteiger partial charge in [0.1, 0.15) is 5.75 Å². The molecule has 0 unspecified atom stereocenters. The van der Waals surface area contributed by atoms with Crippen LogP contribution in [0.4, 0.5) is 5.69 Å². The van der Waals surface area contributed by atoms with Crippen LogP contribution < -0.4 is 10.1 Å². The standard InChI is InChI=1S/C15H15Br2NO/c1-10-3-4-11(7-13(10)17)9-18-14-8-12(16)5-6-15(14)19-2/h3-8,18H,9H2,1-2H3. The molecule has 2 aromatic carbocycles. The summed E-state index contributed by atoms with van der Waals surface area (Å²) >= 11 is 7.02. The van der Waals surface area contributed by atoms with Gasteiger partial charge in [-0.1, -0.05) is 44.0 Å². The second-order valence-electron chi connectivity index (χ2n) is 4.28. The highest BCUT2D eigenvalue weighted by Crippen LogP contribution is 2.28. The van der Waals surface area contributed by atoms with E-state index in [2.05, 4.69) is 62.3 Å². The van der Waals surface area contributed by atoms with Crippen molar-refractivity contribution in [1.29, 1.82) is 0 Å². The highest BCUT2D eigenvalue weighted by atomic mass is 79.9. The zero-order chi connectivity index (χ0) is 13.8. The van der Waals surface area contributed by atoms with Crippen LogP contribution in [0.3, 0.4) is 0 Å². The van der Waals surface area contributed by atoms with E-state index in [1.165, 1.54) is 11.1 Å². The van der Waals surface area contributed by atoms with Gasteiger partial charge in [0.2, 0.25) is 0 Å². The maximum atomic E-state index is 5.34. The number of hydrogen-bond acceptors (Lipinski definition) is 2. The van der Waals surface area contributed by atoms with Crippen LogP contribution in [0.2, 0.25) is 0 Å². The summed E-state index contributed by atoms with van der Waals surface area (Å²) in [6.45, 7) is 2.84. The predicted molar refractivity (Wildman–Crippen MR) is 86.9 cm³/mol. The van der Waals surface area contributed by atoms with Crippen molar-refractivity contribution in [3.8, 4) is 5.75 Å². The van der Waals surface area contributed by atoms with E-state index in [4.69, 9.17) is 4.74 Å². The van der Waals surface area contributed by atoms with Crippen LogP contribution in [0, 0.1) is 6.92 Å². The molecule has 0 atom stereocenters. The molecule has 0 fully saturated rings. The molecule has 0 saturated heterocycles. The first-order chi connectivity index (χ1) is 9.10. The third kappa shape index (κ3) is 3.74. The SMILES string of the molecule is COc1ccc(Br)cc1NCc1ccc(C)c(Br)c1. The molecule has 0 amide bonds. The first-order valence-electron chi connectivity index (χ1n) is 5.92. The first-order valence-corrected chi connectivity index (χ1v) is 7.51. The summed E-state index contributed by atoms with van der Waals surface area (Å²) in [7, 11) is 1.68. The topological polar surface area (TPSA) is 21.3 Å². The third-order valence-electron chi connectivity index (χ3n) is 2.88. The number of methoxy groups -OCH3 is 1. The summed E-state index contributed by atoms with van der Waals surface area (Å²) in [6.07, 6.45) is 0. The molecule has 0 saturated carbocycles. The van der Waals surface area contributed by atoms with Crippen molar-refractivity contribution in [2.75, 3.05) is 12.4 Å². The molecule has 0 aliphatic rings. The van der Waals surface area contributed by atoms with E-state index >= 15 is 0 Å². The lowest BCUT2D eigenvalue weighted by Gasteiger charge is -2.12. The lowest BCUT2D eigenvalue weighted by Crippen LogP contribution is -2.01. The van der Waals surface area contributed by atoms with Crippen LogP contribution >= 0.6 is 31.9 Å². The Morgan fingerprint density at radius 1 is 1.11 bits per heavy atom. The van der Waals surface area contributed by atoms with E-state index in [1.807, 2.05) is 18.2 Å². The average Bonchev–Trinajstić information content (AvgIpc) is 2.40. The number of nitrogens with one attached hydrogen (secondary N) is 1. The summed E-state index contributed by atoms with van der Waals surface area (Å²) in [5, 5.41) is 3.39. The number of anilines is 1. The number of rotatable bonds is 4. The summed E-state index contributed by atoms with van der Waals surface area (Å²) < 4.78 is 7.50. The highest BCUT2D eigenvalue weighted by Gasteiger charge is 2.04. The summed E-state index contributed by atoms with van der Waals surface area (Å²) in [4.78, 5) is 0. The van der Waals surface area contributed by atoms with E-state index in [0.717, 1.165) is 26.9 Å². The van der Waals surface area contributed by atoms with Crippen molar-refractivity contribution in [3.05, 3.63) is 56.5 Å². The van der Waals surface area contributed by atoms with Crippen LogP contribution in [-0.2, 0) is 6.54 Å². The van der Waals surface area contributed by atoms with Crippen molar-refractivity contribution < 1.29 is 4.74 Å². The van der Waals surface area contributed by atoms with E-state index in [9.17, 15) is 0 Å². The zero-order valence-electron chi connectivity index (χ0n) is 10.8. The quantitative estimate of drug-likeness (QED) is 0.787. The number of halogens is 2. The molecular formula is C15H15Br2NO. The molecule has 4 heteroatoms. The van der Waals surface area contributed by atoms with Crippen molar-refractivity contribution in [1.82, 2.24) is 0 Å². The minimum atomic E-state index is 0.756. The van der Waals surface area contributed by atoms with Gasteiger partial charge >= 0.3 is 0 Å². The Hall–Kier alpha value is -1.00. The molecule has 2 aromatic rings. The first kappa shape index (κ1) is 14.4. The van der Waals surface area contributed by atoms with Crippen molar-refractivity contribution in [2.45, 2.75) is 13.5 Å². The minimum Gasteiger partial charge on any atom is -0.495 e. The van der Waals surface area contributed by atoms with E-state index in [-0.39, 0.29) is 0 Å². The molecule has 19 heavy (non-hydrogen) atoms. The number of benzene rings is 2. The Bertz CT molecular complexity index is 584. The molecule has 0 radical (unpaired) electrons. The van der Waals surface area contributed by atoms with Gasteiger partial charge < -0.3 is 10.1 Å². The van der Waals surface area contributed by atoms with Gasteiger partial charge in [0.05, 0.1) is 12.8 Å². The molecule has 0 aliphatic heterocycles. The van der Waals surface area contributed by atoms with Gasteiger partial charge in [-0.3, -0.25) is 0 Å². The Kier molecular flexibility index (Phi) is 4.88. The zero-order valence-corrected chi connectivity index (χ0v) is 14.0. The Labute approximate surface area is 130 Å². The van der Waals surface area contributed by atoms with Crippen molar-refractivity contribution >= 4 is 37.5 Å². The maximum Gasteiger partial charge on any atom is 0.142 e. The van der Waals surface area contributed by atoms with Gasteiger partial charge in [-0.2, -0.15) is 0 Å². The van der Waals surface area contributed by atoms with E-state index < -0.39 is 0 Å². The second-order valence-corrected chi connectivity index (χ2v) is 6.05. The van der Waals surface area contributed by atoms with Crippen LogP contribution in [0.1, 0.15) is 11.1 Å². The van der Waals surface area contributed by atoms with E-state index in [1.54, 1.807) is 7.11 Å². The van der Waals surface area contributed by atoms with Gasteiger partial charge in [-0.05, 0) is 42.3 Å². The van der Waals surface area contributed by atoms with Crippen LogP contribution in [0.5, 0.6) is 5.75 Å². The van der Waals surface area contributed by atoms with Crippen LogP contribution in [0.15, 0.2) is 45.3 Å². The predicted octanol–water partition coefficient (Wildman–Crippen LogP) is 5.14. The van der Waals surface area contributed by atoms with Gasteiger partial charge in [0.25, 0.3) is 0 Å². The van der Waals surface area contributed by atoms with Crippen molar-refractivity contribution in [2.24, 2.45) is 0 Å². The summed E-state index contributed by atoms with van der Waals surface area (Å²) in [6, 6.07) is 12.3. The number of hydrogen-bond donors (Lipinski definition) is 1. The lowest BCUT2D eigenvalue weighted by atomic mass is 10.1. The summed E-state index contributed by atoms with van der Waals surface area (Å²) in [5.41, 5.74) is 3.44. The largest absolute Gasteiger partial charge is 0.495 e. The maximum absolute atomic E-state index is 5.34. The molecule has 100 valence electrons. The summed E-state index contributed by atoms with van der Waals surface area (Å²) in [5.74, 6) is 0.842. The Morgan fingerprint density at radius 2 is 1.89 bits per heavy atom. The normalized spacial score (nSPS) is 10.3. The van der Waals surface area contributed by atoms with Gasteiger partial charge in [-0.25, -0.2) is 0 Å². The fraction of sp³-hybridized carbons (Fsp3) is 0.200. The monoisotopic (exact) mass is 383 g/mol. The van der Waals surface area contributed by atoms with Gasteiger partial charge in [0.15, 0.2) is 0 Å². The molecule has 2 nitrogen and oxygen atoms in total. The molecule has 0 bridgehead atoms. The minimum absolute atomic E-state index is 0.756. The Balaban J connectivity index is 2.13. The number of aryl methyl sites for hydroxylation is 1. The molecule has 0 aliphatic carbocycles. The molecule has 0 spiro atoms. The Morgan fingerprint density at radius 3 is 2.58 bits per heavy atom. The lowest BCUT2D eigenvalue weighted by molar-refractivity contribution is 0.416. The van der Waals surface area contributed by atoms with Crippen LogP contribution in [-0.4, -0.2) is 7.11 Å². The molecule has 2 rings (SSSR count). The number of ether oxygens (including phenoxy) is 1. The van der Waals surface area contributed by atoms with Gasteiger partial charge in [0, 0.05) is 15.5 Å². The fourth-order valence-electron chi connectivity index (χ4n) is 1.76. The fourth-order valence-corrected chi connectivity index (χ4v) is 2.55. The van der Waals surface area contributed by atoms with Crippen LogP contribution in [0.25, 0.3) is 0 Å². The van der Waals surface area contributed by atoms with Crippen molar-refractivity contribution in [3.63, 3.8) is 0 Å². The second kappa shape index (κ2) is 6.44. The highest BCUT2D eigenvalue weighted by molar-refractivity contribution is 9.10. The third-order valence-corrected chi connectivity index (χ3v) is 4.23. The molecular weight excluding hydrogens is 370 g/mol. The van der Waals surface area contributed by atoms with E-state index in [0.29, 0.717) is 0 Å². The molecule has 0 heterocycles. The molecule has 0 aromatic heterocycles. The molecule has 1 N–H and O–H groups in total. The smallest absolute Gasteiger partial charge is 0.142 e. The average molecular weight is 385 g/mol. The van der Waals surface area contributed by atoms with Gasteiger partial charge in [-0.15, -0.1) is 0 Å².